The van der Waals surface area contributed by atoms with Gasteiger partial charge in [0.1, 0.15) is 0 Å². The van der Waals surface area contributed by atoms with Crippen LogP contribution in [0.4, 0.5) is 0 Å². The molecule has 4 aromatic rings. The maximum atomic E-state index is 13.7. The van der Waals surface area contributed by atoms with Gasteiger partial charge >= 0.3 is 11.9 Å². The number of fused-ring (bicyclic) bond motifs is 2. The standard InChI is InChI=1S/C23H20Br2N2O4/c1-3-30-21(28)23(22(29)31-4-2,17-11-26-19-7-5-13(24)9-15(17)19)18-12-27-20-8-6-14(25)10-16(18)20/h5-12,26-27H,3-4H2,1-2H3. The maximum Gasteiger partial charge on any atom is 0.332 e. The predicted molar refractivity (Wildman–Crippen MR) is 126 cm³/mol. The first kappa shape index (κ1) is 21.6. The summed E-state index contributed by atoms with van der Waals surface area (Å²) < 4.78 is 12.6. The Kier molecular flexibility index (Phi) is 5.94. The van der Waals surface area contributed by atoms with Crippen LogP contribution in [0.2, 0.25) is 0 Å². The second kappa shape index (κ2) is 8.51. The van der Waals surface area contributed by atoms with Crippen LogP contribution in [0.5, 0.6) is 0 Å². The molecule has 0 saturated carbocycles. The van der Waals surface area contributed by atoms with E-state index in [1.807, 2.05) is 36.4 Å². The number of hydrogen-bond acceptors (Lipinski definition) is 4. The molecule has 0 fully saturated rings. The fourth-order valence-electron chi connectivity index (χ4n) is 3.95. The first-order valence-electron chi connectivity index (χ1n) is 9.82. The lowest BCUT2D eigenvalue weighted by Crippen LogP contribution is -2.47. The molecule has 0 aliphatic rings. The van der Waals surface area contributed by atoms with E-state index in [1.165, 1.54) is 0 Å². The van der Waals surface area contributed by atoms with Gasteiger partial charge in [-0.05, 0) is 50.2 Å². The molecule has 0 aliphatic heterocycles. The SMILES string of the molecule is CCOC(=O)C(C(=O)OCC)(c1c[nH]c2ccc(Br)cc12)c1c[nH]c2ccc(Br)cc12. The Morgan fingerprint density at radius 3 is 1.61 bits per heavy atom. The molecule has 0 spiro atoms. The third-order valence-electron chi connectivity index (χ3n) is 5.26. The fourth-order valence-corrected chi connectivity index (χ4v) is 4.68. The Bertz CT molecular complexity index is 1190. The first-order chi connectivity index (χ1) is 14.9. The van der Waals surface area contributed by atoms with E-state index in [-0.39, 0.29) is 13.2 Å². The number of ether oxygens (including phenoxy) is 2. The summed E-state index contributed by atoms with van der Waals surface area (Å²) in [5.41, 5.74) is 0.710. The van der Waals surface area contributed by atoms with E-state index < -0.39 is 17.4 Å². The van der Waals surface area contributed by atoms with E-state index in [0.717, 1.165) is 30.8 Å². The minimum atomic E-state index is -1.82. The maximum absolute atomic E-state index is 13.7. The first-order valence-corrected chi connectivity index (χ1v) is 11.4. The van der Waals surface area contributed by atoms with Crippen molar-refractivity contribution in [2.75, 3.05) is 13.2 Å². The highest BCUT2D eigenvalue weighted by molar-refractivity contribution is 9.10. The highest BCUT2D eigenvalue weighted by atomic mass is 79.9. The Hall–Kier alpha value is -2.58. The van der Waals surface area contributed by atoms with Crippen LogP contribution in [-0.4, -0.2) is 35.1 Å². The van der Waals surface area contributed by atoms with Gasteiger partial charge in [0, 0.05) is 54.3 Å². The van der Waals surface area contributed by atoms with Gasteiger partial charge in [0.2, 0.25) is 5.41 Å². The number of esters is 2. The number of halogens is 2. The largest absolute Gasteiger partial charge is 0.465 e. The molecule has 0 aliphatic carbocycles. The van der Waals surface area contributed by atoms with Crippen molar-refractivity contribution >= 4 is 65.6 Å². The van der Waals surface area contributed by atoms with Crippen LogP contribution < -0.4 is 0 Å². The van der Waals surface area contributed by atoms with Crippen LogP contribution in [0.3, 0.4) is 0 Å². The number of carbonyl (C=O) groups is 2. The molecule has 2 aromatic heterocycles. The van der Waals surface area contributed by atoms with E-state index >= 15 is 0 Å². The van der Waals surface area contributed by atoms with Crippen molar-refractivity contribution in [3.8, 4) is 0 Å². The van der Waals surface area contributed by atoms with Gasteiger partial charge in [-0.1, -0.05) is 31.9 Å². The quantitative estimate of drug-likeness (QED) is 0.243. The molecule has 2 N–H and O–H groups in total. The number of hydrogen-bond donors (Lipinski definition) is 2. The van der Waals surface area contributed by atoms with Crippen LogP contribution in [0.1, 0.15) is 25.0 Å². The molecule has 0 unspecified atom stereocenters. The number of benzene rings is 2. The molecule has 31 heavy (non-hydrogen) atoms. The zero-order valence-corrected chi connectivity index (χ0v) is 20.1. The Morgan fingerprint density at radius 2 is 1.23 bits per heavy atom. The molecule has 2 aromatic carbocycles. The smallest absolute Gasteiger partial charge is 0.332 e. The fraction of sp³-hybridized carbons (Fsp3) is 0.217. The van der Waals surface area contributed by atoms with E-state index in [0.29, 0.717) is 11.1 Å². The van der Waals surface area contributed by atoms with Crippen molar-refractivity contribution < 1.29 is 19.1 Å². The van der Waals surface area contributed by atoms with Crippen molar-refractivity contribution in [1.29, 1.82) is 0 Å². The molecule has 0 bridgehead atoms. The molecular weight excluding hydrogens is 528 g/mol. The Labute approximate surface area is 195 Å². The number of rotatable bonds is 6. The molecular formula is C23H20Br2N2O4. The second-order valence-corrected chi connectivity index (χ2v) is 8.81. The second-order valence-electron chi connectivity index (χ2n) is 6.98. The van der Waals surface area contributed by atoms with E-state index in [1.54, 1.807) is 26.2 Å². The monoisotopic (exact) mass is 546 g/mol. The molecule has 0 radical (unpaired) electrons. The van der Waals surface area contributed by atoms with E-state index in [2.05, 4.69) is 41.8 Å². The lowest BCUT2D eigenvalue weighted by Gasteiger charge is -2.29. The zero-order valence-electron chi connectivity index (χ0n) is 16.9. The minimum Gasteiger partial charge on any atom is -0.465 e. The third-order valence-corrected chi connectivity index (χ3v) is 6.25. The normalized spacial score (nSPS) is 11.7. The minimum absolute atomic E-state index is 0.123. The summed E-state index contributed by atoms with van der Waals surface area (Å²) in [6, 6.07) is 11.3. The highest BCUT2D eigenvalue weighted by Crippen LogP contribution is 2.43. The van der Waals surface area contributed by atoms with Crippen LogP contribution in [0.15, 0.2) is 57.7 Å². The topological polar surface area (TPSA) is 84.2 Å². The summed E-state index contributed by atoms with van der Waals surface area (Å²) in [4.78, 5) is 33.7. The molecule has 0 saturated heterocycles. The van der Waals surface area contributed by atoms with Crippen molar-refractivity contribution in [1.82, 2.24) is 9.97 Å². The summed E-state index contributed by atoms with van der Waals surface area (Å²) in [6.07, 6.45) is 3.36. The average molecular weight is 548 g/mol. The summed E-state index contributed by atoms with van der Waals surface area (Å²) >= 11 is 6.99. The molecule has 6 nitrogen and oxygen atoms in total. The number of nitrogens with one attached hydrogen (secondary N) is 2. The zero-order chi connectivity index (χ0) is 22.2. The van der Waals surface area contributed by atoms with Crippen molar-refractivity contribution in [3.63, 3.8) is 0 Å². The molecule has 2 heterocycles. The number of H-pyrrole nitrogens is 2. The highest BCUT2D eigenvalue weighted by Gasteiger charge is 2.55. The molecule has 4 rings (SSSR count). The number of carbonyl (C=O) groups excluding carboxylic acids is 2. The van der Waals surface area contributed by atoms with Crippen LogP contribution in [0.25, 0.3) is 21.8 Å². The van der Waals surface area contributed by atoms with Gasteiger partial charge in [-0.3, -0.25) is 9.59 Å². The number of aromatic amines is 2. The van der Waals surface area contributed by atoms with Gasteiger partial charge in [-0.15, -0.1) is 0 Å². The summed E-state index contributed by atoms with van der Waals surface area (Å²) in [7, 11) is 0. The molecule has 8 heteroatoms. The van der Waals surface area contributed by atoms with Gasteiger partial charge in [-0.2, -0.15) is 0 Å². The molecule has 160 valence electrons. The van der Waals surface area contributed by atoms with Crippen molar-refractivity contribution in [3.05, 3.63) is 68.9 Å². The van der Waals surface area contributed by atoms with E-state index in [4.69, 9.17) is 9.47 Å². The van der Waals surface area contributed by atoms with E-state index in [9.17, 15) is 9.59 Å². The average Bonchev–Trinajstić information content (AvgIpc) is 3.34. The van der Waals surface area contributed by atoms with Gasteiger partial charge < -0.3 is 19.4 Å². The Morgan fingerprint density at radius 1 is 0.806 bits per heavy atom. The molecule has 0 amide bonds. The number of aromatic nitrogens is 2. The summed E-state index contributed by atoms with van der Waals surface area (Å²) in [5.74, 6) is -1.37. The lowest BCUT2D eigenvalue weighted by atomic mass is 9.74. The lowest BCUT2D eigenvalue weighted by molar-refractivity contribution is -0.162. The van der Waals surface area contributed by atoms with Gasteiger partial charge in [0.05, 0.1) is 13.2 Å². The molecule has 0 atom stereocenters. The van der Waals surface area contributed by atoms with Crippen LogP contribution in [-0.2, 0) is 24.5 Å². The van der Waals surface area contributed by atoms with Gasteiger partial charge in [0.15, 0.2) is 0 Å². The predicted octanol–water partition coefficient (Wildman–Crippen LogP) is 5.59. The summed E-state index contributed by atoms with van der Waals surface area (Å²) in [6.45, 7) is 3.67. The summed E-state index contributed by atoms with van der Waals surface area (Å²) in [5, 5.41) is 1.44. The Balaban J connectivity index is 2.14. The van der Waals surface area contributed by atoms with Crippen molar-refractivity contribution in [2.45, 2.75) is 19.3 Å². The van der Waals surface area contributed by atoms with Gasteiger partial charge in [0.25, 0.3) is 0 Å². The van der Waals surface area contributed by atoms with Crippen LogP contribution in [0, 0.1) is 0 Å². The third kappa shape index (κ3) is 3.47. The van der Waals surface area contributed by atoms with Gasteiger partial charge in [-0.25, -0.2) is 0 Å². The van der Waals surface area contributed by atoms with Crippen LogP contribution >= 0.6 is 31.9 Å². The van der Waals surface area contributed by atoms with Crippen molar-refractivity contribution in [2.24, 2.45) is 0 Å².